The number of hydrogen-bond donors (Lipinski definition) is 1. The first-order valence-corrected chi connectivity index (χ1v) is 11.9. The molecule has 2 heterocycles. The number of aromatic nitrogens is 2. The fourth-order valence-corrected chi connectivity index (χ4v) is 4.17. The van der Waals surface area contributed by atoms with Crippen molar-refractivity contribution in [1.82, 2.24) is 14.9 Å². The first-order valence-electron chi connectivity index (χ1n) is 11.9. The average molecular weight is 498 g/mol. The number of hydrogen-bond acceptors (Lipinski definition) is 8. The average Bonchev–Trinajstić information content (AvgIpc) is 2.96. The second-order valence-corrected chi connectivity index (χ2v) is 8.41. The molecule has 10 nitrogen and oxygen atoms in total. The van der Waals surface area contributed by atoms with E-state index < -0.39 is 0 Å². The first-order chi connectivity index (χ1) is 18.1. The first kappa shape index (κ1) is 24.0. The van der Waals surface area contributed by atoms with Crippen molar-refractivity contribution in [3.05, 3.63) is 73.1 Å². The number of amides is 2. The van der Waals surface area contributed by atoms with Gasteiger partial charge in [-0.1, -0.05) is 18.2 Å². The molecule has 4 aromatic rings. The van der Waals surface area contributed by atoms with Crippen molar-refractivity contribution in [3.63, 3.8) is 0 Å². The van der Waals surface area contributed by atoms with Crippen LogP contribution in [0.15, 0.2) is 83.3 Å². The van der Waals surface area contributed by atoms with Gasteiger partial charge in [0.1, 0.15) is 12.1 Å². The SMILES string of the molecule is COc1cc2ncnc(N3CCN(C(=O)Nc4ccc(/N=N/c5ccccc5)cc4)CC3)c2cc1OC. The Kier molecular flexibility index (Phi) is 7.07. The molecular formula is C27H27N7O3. The highest BCUT2D eigenvalue weighted by Gasteiger charge is 2.24. The fraction of sp³-hybridized carbons (Fsp3) is 0.222. The molecule has 0 bridgehead atoms. The van der Waals surface area contributed by atoms with Crippen LogP contribution in [-0.4, -0.2) is 61.3 Å². The minimum absolute atomic E-state index is 0.141. The van der Waals surface area contributed by atoms with Crippen LogP contribution in [-0.2, 0) is 0 Å². The van der Waals surface area contributed by atoms with E-state index in [1.54, 1.807) is 25.4 Å². The summed E-state index contributed by atoms with van der Waals surface area (Å²) in [6.07, 6.45) is 1.55. The number of rotatable bonds is 6. The Morgan fingerprint density at radius 1 is 0.838 bits per heavy atom. The number of methoxy groups -OCH3 is 2. The van der Waals surface area contributed by atoms with Gasteiger partial charge in [0.15, 0.2) is 11.5 Å². The van der Waals surface area contributed by atoms with Crippen molar-refractivity contribution in [3.8, 4) is 11.5 Å². The fourth-order valence-electron chi connectivity index (χ4n) is 4.17. The quantitative estimate of drug-likeness (QED) is 0.357. The summed E-state index contributed by atoms with van der Waals surface area (Å²) in [5.74, 6) is 2.05. The topological polar surface area (TPSA) is 105 Å². The number of nitrogens with one attached hydrogen (secondary N) is 1. The number of fused-ring (bicyclic) bond motifs is 1. The van der Waals surface area contributed by atoms with Gasteiger partial charge in [-0.05, 0) is 42.5 Å². The molecule has 188 valence electrons. The summed E-state index contributed by atoms with van der Waals surface area (Å²) >= 11 is 0. The predicted octanol–water partition coefficient (Wildman–Crippen LogP) is 5.42. The molecule has 1 aliphatic rings. The van der Waals surface area contributed by atoms with Gasteiger partial charge in [-0.2, -0.15) is 10.2 Å². The van der Waals surface area contributed by atoms with Gasteiger partial charge in [-0.15, -0.1) is 0 Å². The summed E-state index contributed by atoms with van der Waals surface area (Å²) < 4.78 is 10.9. The second-order valence-electron chi connectivity index (χ2n) is 8.41. The van der Waals surface area contributed by atoms with Crippen LogP contribution in [0.25, 0.3) is 10.9 Å². The molecule has 0 saturated carbocycles. The third-order valence-electron chi connectivity index (χ3n) is 6.14. The lowest BCUT2D eigenvalue weighted by Gasteiger charge is -2.35. The van der Waals surface area contributed by atoms with E-state index in [4.69, 9.17) is 9.47 Å². The number of nitrogens with zero attached hydrogens (tertiary/aromatic N) is 6. The van der Waals surface area contributed by atoms with E-state index in [2.05, 4.69) is 30.4 Å². The van der Waals surface area contributed by atoms with Crippen LogP contribution in [0.1, 0.15) is 0 Å². The minimum Gasteiger partial charge on any atom is -0.493 e. The van der Waals surface area contributed by atoms with Crippen molar-refractivity contribution < 1.29 is 14.3 Å². The molecular weight excluding hydrogens is 470 g/mol. The highest BCUT2D eigenvalue weighted by molar-refractivity contribution is 5.92. The summed E-state index contributed by atoms with van der Waals surface area (Å²) in [5.41, 5.74) is 2.97. The van der Waals surface area contributed by atoms with Crippen LogP contribution in [0.2, 0.25) is 0 Å². The van der Waals surface area contributed by atoms with Gasteiger partial charge >= 0.3 is 6.03 Å². The third-order valence-corrected chi connectivity index (χ3v) is 6.14. The lowest BCUT2D eigenvalue weighted by molar-refractivity contribution is 0.208. The maximum absolute atomic E-state index is 12.9. The molecule has 10 heteroatoms. The molecule has 0 radical (unpaired) electrons. The summed E-state index contributed by atoms with van der Waals surface area (Å²) in [6, 6.07) is 20.4. The maximum Gasteiger partial charge on any atom is 0.321 e. The predicted molar refractivity (Wildman–Crippen MR) is 143 cm³/mol. The highest BCUT2D eigenvalue weighted by atomic mass is 16.5. The van der Waals surface area contributed by atoms with Crippen molar-refractivity contribution >= 4 is 39.8 Å². The zero-order chi connectivity index (χ0) is 25.6. The minimum atomic E-state index is -0.141. The maximum atomic E-state index is 12.9. The van der Waals surface area contributed by atoms with Crippen molar-refractivity contribution in [2.24, 2.45) is 10.2 Å². The number of piperazine rings is 1. The van der Waals surface area contributed by atoms with Gasteiger partial charge in [-0.3, -0.25) is 0 Å². The molecule has 1 aliphatic heterocycles. The summed E-state index contributed by atoms with van der Waals surface area (Å²) in [7, 11) is 3.20. The van der Waals surface area contributed by atoms with Crippen molar-refractivity contribution in [2.75, 3.05) is 50.6 Å². The molecule has 1 N–H and O–H groups in total. The van der Waals surface area contributed by atoms with Gasteiger partial charge in [0.05, 0.1) is 31.1 Å². The lowest BCUT2D eigenvalue weighted by Crippen LogP contribution is -2.50. The van der Waals surface area contributed by atoms with Crippen LogP contribution in [0.3, 0.4) is 0 Å². The molecule has 1 fully saturated rings. The zero-order valence-electron chi connectivity index (χ0n) is 20.7. The largest absolute Gasteiger partial charge is 0.493 e. The number of carbonyl (C=O) groups is 1. The van der Waals surface area contributed by atoms with Crippen molar-refractivity contribution in [2.45, 2.75) is 0 Å². The van der Waals surface area contributed by atoms with E-state index >= 15 is 0 Å². The Hall–Kier alpha value is -4.73. The number of carbonyl (C=O) groups excluding carboxylic acids is 1. The molecule has 0 unspecified atom stereocenters. The summed E-state index contributed by atoms with van der Waals surface area (Å²) in [6.45, 7) is 2.42. The van der Waals surface area contributed by atoms with Gasteiger partial charge in [0.2, 0.25) is 0 Å². The van der Waals surface area contributed by atoms with Crippen molar-refractivity contribution in [1.29, 1.82) is 0 Å². The molecule has 1 saturated heterocycles. The van der Waals surface area contributed by atoms with Gasteiger partial charge in [0.25, 0.3) is 0 Å². The van der Waals surface area contributed by atoms with E-state index in [1.165, 1.54) is 0 Å². The summed E-state index contributed by atoms with van der Waals surface area (Å²) in [4.78, 5) is 25.7. The Balaban J connectivity index is 1.20. The van der Waals surface area contributed by atoms with E-state index in [0.29, 0.717) is 49.1 Å². The molecule has 5 rings (SSSR count). The normalized spacial score (nSPS) is 13.7. The Labute approximate surface area is 214 Å². The molecule has 0 aliphatic carbocycles. The third kappa shape index (κ3) is 5.43. The van der Waals surface area contributed by atoms with E-state index in [9.17, 15) is 4.79 Å². The number of anilines is 2. The molecule has 0 atom stereocenters. The molecule has 2 amide bonds. The molecule has 0 spiro atoms. The number of azo groups is 1. The van der Waals surface area contributed by atoms with E-state index in [-0.39, 0.29) is 6.03 Å². The summed E-state index contributed by atoms with van der Waals surface area (Å²) in [5, 5.41) is 12.3. The number of ether oxygens (including phenoxy) is 2. The van der Waals surface area contributed by atoms with Crippen LogP contribution in [0.5, 0.6) is 11.5 Å². The number of benzene rings is 3. The monoisotopic (exact) mass is 497 g/mol. The van der Waals surface area contributed by atoms with E-state index in [1.807, 2.05) is 66.7 Å². The molecule has 3 aromatic carbocycles. The standard InChI is InChI=1S/C27H27N7O3/c1-36-24-16-22-23(17-25(24)37-2)28-18-29-26(22)33-12-14-34(15-13-33)27(35)30-19-8-10-21(11-9-19)32-31-20-6-4-3-5-7-20/h3-11,16-18H,12-15H2,1-2H3,(H,30,35)/b32-31+. The van der Waals surface area contributed by atoms with Crippen LogP contribution in [0, 0.1) is 0 Å². The van der Waals surface area contributed by atoms with Gasteiger partial charge < -0.3 is 24.6 Å². The lowest BCUT2D eigenvalue weighted by atomic mass is 10.2. The van der Waals surface area contributed by atoms with E-state index in [0.717, 1.165) is 22.4 Å². The van der Waals surface area contributed by atoms with Crippen LogP contribution >= 0.6 is 0 Å². The van der Waals surface area contributed by atoms with Crippen LogP contribution < -0.4 is 19.7 Å². The van der Waals surface area contributed by atoms with Gasteiger partial charge in [-0.25, -0.2) is 14.8 Å². The molecule has 1 aromatic heterocycles. The highest BCUT2D eigenvalue weighted by Crippen LogP contribution is 2.35. The Bertz CT molecular complexity index is 1400. The smallest absolute Gasteiger partial charge is 0.321 e. The second kappa shape index (κ2) is 10.9. The Morgan fingerprint density at radius 3 is 2.16 bits per heavy atom. The number of urea groups is 1. The molecule has 37 heavy (non-hydrogen) atoms. The van der Waals surface area contributed by atoms with Crippen LogP contribution in [0.4, 0.5) is 27.7 Å². The Morgan fingerprint density at radius 2 is 1.49 bits per heavy atom. The van der Waals surface area contributed by atoms with Gasteiger partial charge in [0, 0.05) is 43.3 Å². The zero-order valence-corrected chi connectivity index (χ0v) is 20.7.